The summed E-state index contributed by atoms with van der Waals surface area (Å²) in [6.07, 6.45) is 20.8. The van der Waals surface area contributed by atoms with Gasteiger partial charge < -0.3 is 0 Å². The molecule has 1 unspecified atom stereocenters. The van der Waals surface area contributed by atoms with Gasteiger partial charge in [0.2, 0.25) is 0 Å². The minimum atomic E-state index is 0.368. The van der Waals surface area contributed by atoms with Crippen LogP contribution in [0.15, 0.2) is 0 Å². The van der Waals surface area contributed by atoms with E-state index in [9.17, 15) is 0 Å². The topological polar surface area (TPSA) is 18.5 Å². The zero-order valence-corrected chi connectivity index (χ0v) is 13.3. The van der Waals surface area contributed by atoms with E-state index in [-0.39, 0.29) is 0 Å². The average molecular weight is 282 g/mol. The van der Waals surface area contributed by atoms with Crippen LogP contribution in [0.3, 0.4) is 0 Å². The van der Waals surface area contributed by atoms with Crippen LogP contribution in [0.25, 0.3) is 0 Å². The van der Waals surface area contributed by atoms with E-state index in [1.807, 2.05) is 0 Å². The summed E-state index contributed by atoms with van der Waals surface area (Å²) in [5, 5.41) is 0. The minimum Gasteiger partial charge on any atom is -0.236 e. The van der Waals surface area contributed by atoms with Crippen molar-refractivity contribution < 1.29 is 9.78 Å². The highest BCUT2D eigenvalue weighted by Crippen LogP contribution is 2.29. The van der Waals surface area contributed by atoms with E-state index < -0.39 is 0 Å². The Labute approximate surface area is 125 Å². The molecule has 2 fully saturated rings. The summed E-state index contributed by atoms with van der Waals surface area (Å²) in [4.78, 5) is 11.3. The van der Waals surface area contributed by atoms with Crippen molar-refractivity contribution in [2.24, 2.45) is 5.92 Å². The van der Waals surface area contributed by atoms with Gasteiger partial charge in [-0.1, -0.05) is 70.6 Å². The van der Waals surface area contributed by atoms with Crippen molar-refractivity contribution in [2.45, 2.75) is 102 Å². The van der Waals surface area contributed by atoms with E-state index >= 15 is 0 Å². The third kappa shape index (κ3) is 6.58. The first-order valence-corrected chi connectivity index (χ1v) is 9.25. The Balaban J connectivity index is 1.81. The second-order valence-corrected chi connectivity index (χ2v) is 6.83. The fourth-order valence-corrected chi connectivity index (χ4v) is 3.75. The highest BCUT2D eigenvalue weighted by molar-refractivity contribution is 4.72. The largest absolute Gasteiger partial charge is 0.236 e. The van der Waals surface area contributed by atoms with Crippen LogP contribution in [0.4, 0.5) is 0 Å². The molecule has 0 aromatic heterocycles. The summed E-state index contributed by atoms with van der Waals surface area (Å²) in [5.41, 5.74) is 0. The minimum absolute atomic E-state index is 0.368. The van der Waals surface area contributed by atoms with Gasteiger partial charge in [0, 0.05) is 0 Å². The van der Waals surface area contributed by atoms with Crippen LogP contribution < -0.4 is 0 Å². The first-order valence-electron chi connectivity index (χ1n) is 9.25. The molecule has 2 rings (SSSR count). The number of hydrogen-bond acceptors (Lipinski definition) is 2. The Morgan fingerprint density at radius 1 is 0.500 bits per heavy atom. The van der Waals surface area contributed by atoms with Crippen molar-refractivity contribution in [3.63, 3.8) is 0 Å². The lowest BCUT2D eigenvalue weighted by Gasteiger charge is -2.27. The van der Waals surface area contributed by atoms with Gasteiger partial charge in [-0.15, -0.1) is 0 Å². The fraction of sp³-hybridized carbons (Fsp3) is 1.00. The summed E-state index contributed by atoms with van der Waals surface area (Å²) in [7, 11) is 0. The van der Waals surface area contributed by atoms with E-state index in [0.29, 0.717) is 6.10 Å². The highest BCUT2D eigenvalue weighted by Gasteiger charge is 2.23. The zero-order valence-electron chi connectivity index (χ0n) is 13.3. The van der Waals surface area contributed by atoms with Gasteiger partial charge >= 0.3 is 0 Å². The smallest absolute Gasteiger partial charge is 0.0958 e. The molecule has 2 heteroatoms. The summed E-state index contributed by atoms with van der Waals surface area (Å²) in [6.45, 7) is 0.795. The van der Waals surface area contributed by atoms with Gasteiger partial charge in [0.15, 0.2) is 0 Å². The van der Waals surface area contributed by atoms with Gasteiger partial charge in [-0.25, -0.2) is 9.78 Å². The van der Waals surface area contributed by atoms with Crippen LogP contribution in [0.1, 0.15) is 96.3 Å². The molecule has 0 amide bonds. The maximum atomic E-state index is 5.83. The van der Waals surface area contributed by atoms with Crippen molar-refractivity contribution in [1.82, 2.24) is 0 Å². The van der Waals surface area contributed by atoms with Crippen molar-refractivity contribution >= 4 is 0 Å². The Kier molecular flexibility index (Phi) is 8.65. The van der Waals surface area contributed by atoms with Crippen molar-refractivity contribution in [1.29, 1.82) is 0 Å². The van der Waals surface area contributed by atoms with E-state index in [4.69, 9.17) is 9.78 Å². The first kappa shape index (κ1) is 16.3. The molecule has 0 spiro atoms. The molecule has 0 radical (unpaired) electrons. The average Bonchev–Trinajstić information content (AvgIpc) is 2.50. The molecule has 118 valence electrons. The molecule has 20 heavy (non-hydrogen) atoms. The molecule has 0 aromatic carbocycles. The normalized spacial score (nSPS) is 29.7. The van der Waals surface area contributed by atoms with Crippen molar-refractivity contribution in [3.8, 4) is 0 Å². The van der Waals surface area contributed by atoms with Gasteiger partial charge in [-0.3, -0.25) is 0 Å². The quantitative estimate of drug-likeness (QED) is 0.566. The predicted octanol–water partition coefficient (Wildman–Crippen LogP) is 5.80. The lowest BCUT2D eigenvalue weighted by molar-refractivity contribution is -0.336. The molecule has 0 bridgehead atoms. The van der Waals surface area contributed by atoms with E-state index in [2.05, 4.69) is 0 Å². The number of rotatable bonds is 1. The van der Waals surface area contributed by atoms with Crippen molar-refractivity contribution in [2.75, 3.05) is 6.61 Å². The molecule has 1 heterocycles. The van der Waals surface area contributed by atoms with Gasteiger partial charge in [-0.2, -0.15) is 0 Å². The lowest BCUT2D eigenvalue weighted by Crippen LogP contribution is -2.25. The van der Waals surface area contributed by atoms with E-state index in [1.54, 1.807) is 0 Å². The monoisotopic (exact) mass is 282 g/mol. The molecule has 1 aliphatic carbocycles. The second kappa shape index (κ2) is 10.6. The Bertz CT molecular complexity index is 185. The van der Waals surface area contributed by atoms with E-state index in [0.717, 1.165) is 18.9 Å². The molecule has 1 saturated carbocycles. The molecule has 0 N–H and O–H groups in total. The summed E-state index contributed by atoms with van der Waals surface area (Å²) in [6, 6.07) is 0. The molecular weight excluding hydrogens is 248 g/mol. The Hall–Kier alpha value is -0.0800. The standard InChI is InChI=1S/C18H34O2/c1-2-5-9-13-17(14-10-6-3-1)18-15-11-7-4-8-12-16-19-20-18/h17-18H,1-16H2. The summed E-state index contributed by atoms with van der Waals surface area (Å²) >= 11 is 0. The molecular formula is C18H34O2. The SMILES string of the molecule is C1CCCCC(C2CCCCCCCOO2)CCCC1. The summed E-state index contributed by atoms with van der Waals surface area (Å²) in [5.74, 6) is 0.743. The van der Waals surface area contributed by atoms with E-state index in [1.165, 1.54) is 89.9 Å². The predicted molar refractivity (Wildman–Crippen MR) is 83.6 cm³/mol. The van der Waals surface area contributed by atoms with Crippen LogP contribution in [0, 0.1) is 5.92 Å². The maximum absolute atomic E-state index is 5.83. The van der Waals surface area contributed by atoms with Gasteiger partial charge in [-0.05, 0) is 31.6 Å². The van der Waals surface area contributed by atoms with Crippen LogP contribution >= 0.6 is 0 Å². The lowest BCUT2D eigenvalue weighted by atomic mass is 9.86. The molecule has 1 atom stereocenters. The molecule has 1 aliphatic heterocycles. The van der Waals surface area contributed by atoms with Gasteiger partial charge in [0.1, 0.15) is 0 Å². The first-order chi connectivity index (χ1) is 9.97. The Morgan fingerprint density at radius 3 is 1.65 bits per heavy atom. The van der Waals surface area contributed by atoms with Crippen LogP contribution in [0.2, 0.25) is 0 Å². The third-order valence-electron chi connectivity index (χ3n) is 5.08. The molecule has 1 saturated heterocycles. The molecule has 0 aromatic rings. The maximum Gasteiger partial charge on any atom is 0.0958 e. The zero-order chi connectivity index (χ0) is 13.9. The Morgan fingerprint density at radius 2 is 1.00 bits per heavy atom. The second-order valence-electron chi connectivity index (χ2n) is 6.83. The summed E-state index contributed by atoms with van der Waals surface area (Å²) < 4.78 is 0. The van der Waals surface area contributed by atoms with Crippen molar-refractivity contribution in [3.05, 3.63) is 0 Å². The van der Waals surface area contributed by atoms with Crippen LogP contribution in [-0.4, -0.2) is 12.7 Å². The third-order valence-corrected chi connectivity index (χ3v) is 5.08. The molecule has 2 nitrogen and oxygen atoms in total. The van der Waals surface area contributed by atoms with Crippen LogP contribution in [-0.2, 0) is 9.78 Å². The molecule has 2 aliphatic rings. The fourth-order valence-electron chi connectivity index (χ4n) is 3.75. The van der Waals surface area contributed by atoms with Gasteiger partial charge in [0.05, 0.1) is 12.7 Å². The van der Waals surface area contributed by atoms with Gasteiger partial charge in [0.25, 0.3) is 0 Å². The van der Waals surface area contributed by atoms with Crippen LogP contribution in [0.5, 0.6) is 0 Å². The number of hydrogen-bond donors (Lipinski definition) is 0. The highest BCUT2D eigenvalue weighted by atomic mass is 17.2.